The minimum absolute atomic E-state index is 0.0970. The van der Waals surface area contributed by atoms with Gasteiger partial charge < -0.3 is 5.32 Å². The number of hydrogen-bond donors (Lipinski definition) is 1. The molecule has 6 rings (SSSR count). The highest BCUT2D eigenvalue weighted by atomic mass is 16.2. The minimum atomic E-state index is -0.679. The van der Waals surface area contributed by atoms with E-state index in [1.165, 1.54) is 43.4 Å². The number of fused-ring (bicyclic) bond motifs is 1. The van der Waals surface area contributed by atoms with E-state index in [-0.39, 0.29) is 46.9 Å². The van der Waals surface area contributed by atoms with Gasteiger partial charge in [-0.3, -0.25) is 19.3 Å². The number of carbonyl (C=O) groups is 3. The van der Waals surface area contributed by atoms with Crippen molar-refractivity contribution in [1.29, 1.82) is 0 Å². The molecule has 5 heteroatoms. The average Bonchev–Trinajstić information content (AvgIpc) is 2.95. The van der Waals surface area contributed by atoms with Gasteiger partial charge >= 0.3 is 0 Å². The molecule has 5 fully saturated rings. The number of allylic oxidation sites excluding steroid dienone is 2. The fourth-order valence-electron chi connectivity index (χ4n) is 8.08. The van der Waals surface area contributed by atoms with Crippen LogP contribution < -0.4 is 5.32 Å². The lowest BCUT2D eigenvalue weighted by molar-refractivity contribution is -0.149. The summed E-state index contributed by atoms with van der Waals surface area (Å²) in [6, 6.07) is -0.582. The van der Waals surface area contributed by atoms with E-state index >= 15 is 0 Å². The Morgan fingerprint density at radius 1 is 0.968 bits per heavy atom. The summed E-state index contributed by atoms with van der Waals surface area (Å²) < 4.78 is 0. The Labute approximate surface area is 186 Å². The lowest BCUT2D eigenvalue weighted by atomic mass is 9.48. The molecule has 31 heavy (non-hydrogen) atoms. The molecule has 0 radical (unpaired) electrons. The summed E-state index contributed by atoms with van der Waals surface area (Å²) in [4.78, 5) is 41.3. The number of rotatable bonds is 6. The van der Waals surface area contributed by atoms with Gasteiger partial charge in [0.15, 0.2) is 0 Å². The van der Waals surface area contributed by atoms with Gasteiger partial charge in [0.25, 0.3) is 0 Å². The van der Waals surface area contributed by atoms with Gasteiger partial charge in [-0.25, -0.2) is 0 Å². The first-order chi connectivity index (χ1) is 14.8. The third kappa shape index (κ3) is 3.56. The molecule has 4 atom stereocenters. The summed E-state index contributed by atoms with van der Waals surface area (Å²) in [6.45, 7) is 6.29. The van der Waals surface area contributed by atoms with Crippen LogP contribution in [0, 0.1) is 40.9 Å². The maximum Gasteiger partial charge on any atom is 0.243 e. The van der Waals surface area contributed by atoms with Crippen molar-refractivity contribution in [1.82, 2.24) is 10.2 Å². The van der Waals surface area contributed by atoms with Crippen LogP contribution in [0.3, 0.4) is 0 Å². The molecule has 5 aliphatic carbocycles. The standard InChI is InChI=1S/C26H38N2O3/c1-15(2)8-22(28-24(30)20-6-4-5-7-21(20)25(28)31)23(29)27-16(3)26-12-17-9-18(13-26)11-19(10-17)14-26/h4-5,15-22H,6-14H2,1-3H3,(H,27,29)/t16-,17?,18?,19?,20+,21+,22-,26?/m1/s1. The highest BCUT2D eigenvalue weighted by molar-refractivity contribution is 6.08. The maximum absolute atomic E-state index is 13.6. The highest BCUT2D eigenvalue weighted by Crippen LogP contribution is 2.61. The molecule has 1 aliphatic heterocycles. The van der Waals surface area contributed by atoms with Gasteiger partial charge in [0.2, 0.25) is 17.7 Å². The SMILES string of the molecule is CC(C)C[C@H](C(=O)N[C@H](C)C12CC3CC(CC(C3)C1)C2)N1C(=O)[C@H]2CC=CC[C@@H]2C1=O. The Morgan fingerprint density at radius 3 is 1.90 bits per heavy atom. The Balaban J connectivity index is 1.34. The predicted molar refractivity (Wildman–Crippen MR) is 119 cm³/mol. The molecular weight excluding hydrogens is 388 g/mol. The predicted octanol–water partition coefficient (Wildman–Crippen LogP) is 4.07. The van der Waals surface area contributed by atoms with E-state index in [0.29, 0.717) is 19.3 Å². The molecule has 4 saturated carbocycles. The van der Waals surface area contributed by atoms with Crippen LogP contribution in [0.15, 0.2) is 12.2 Å². The number of nitrogens with one attached hydrogen (secondary N) is 1. The largest absolute Gasteiger partial charge is 0.351 e. The molecule has 170 valence electrons. The molecule has 0 spiro atoms. The van der Waals surface area contributed by atoms with E-state index in [9.17, 15) is 14.4 Å². The maximum atomic E-state index is 13.6. The van der Waals surface area contributed by atoms with Crippen LogP contribution in [-0.4, -0.2) is 34.7 Å². The first-order valence-electron chi connectivity index (χ1n) is 12.6. The summed E-state index contributed by atoms with van der Waals surface area (Å²) in [5.41, 5.74) is 0.212. The van der Waals surface area contributed by atoms with Gasteiger partial charge in [0.1, 0.15) is 6.04 Å². The second-order valence-corrected chi connectivity index (χ2v) is 11.9. The number of likely N-dealkylation sites (tertiary alicyclic amines) is 1. The van der Waals surface area contributed by atoms with Crippen molar-refractivity contribution in [2.24, 2.45) is 40.9 Å². The Hall–Kier alpha value is -1.65. The van der Waals surface area contributed by atoms with Crippen LogP contribution in [0.2, 0.25) is 0 Å². The monoisotopic (exact) mass is 426 g/mol. The van der Waals surface area contributed by atoms with Gasteiger partial charge in [-0.15, -0.1) is 0 Å². The molecule has 5 nitrogen and oxygen atoms in total. The Kier molecular flexibility index (Phi) is 5.29. The average molecular weight is 427 g/mol. The van der Waals surface area contributed by atoms with E-state index in [4.69, 9.17) is 0 Å². The molecule has 6 aliphatic rings. The third-order valence-corrected chi connectivity index (χ3v) is 9.21. The number of amides is 3. The summed E-state index contributed by atoms with van der Waals surface area (Å²) in [7, 11) is 0. The second-order valence-electron chi connectivity index (χ2n) is 11.9. The zero-order chi connectivity index (χ0) is 21.9. The first-order valence-corrected chi connectivity index (χ1v) is 12.6. The van der Waals surface area contributed by atoms with Crippen molar-refractivity contribution < 1.29 is 14.4 Å². The minimum Gasteiger partial charge on any atom is -0.351 e. The van der Waals surface area contributed by atoms with Crippen molar-refractivity contribution in [3.8, 4) is 0 Å². The van der Waals surface area contributed by atoms with Crippen molar-refractivity contribution >= 4 is 17.7 Å². The topological polar surface area (TPSA) is 66.5 Å². The van der Waals surface area contributed by atoms with Gasteiger partial charge in [-0.2, -0.15) is 0 Å². The third-order valence-electron chi connectivity index (χ3n) is 9.21. The Bertz CT molecular complexity index is 739. The van der Waals surface area contributed by atoms with Crippen LogP contribution in [0.25, 0.3) is 0 Å². The van der Waals surface area contributed by atoms with Crippen LogP contribution in [0.1, 0.15) is 78.6 Å². The second kappa shape index (κ2) is 7.74. The lowest BCUT2D eigenvalue weighted by Gasteiger charge is -2.59. The quantitative estimate of drug-likeness (QED) is 0.514. The summed E-state index contributed by atoms with van der Waals surface area (Å²) >= 11 is 0. The van der Waals surface area contributed by atoms with Crippen LogP contribution in [-0.2, 0) is 14.4 Å². The van der Waals surface area contributed by atoms with E-state index in [0.717, 1.165) is 17.8 Å². The number of nitrogens with zero attached hydrogens (tertiary/aromatic N) is 1. The lowest BCUT2D eigenvalue weighted by Crippen LogP contribution is -2.59. The fourth-order valence-corrected chi connectivity index (χ4v) is 8.08. The van der Waals surface area contributed by atoms with Crippen LogP contribution in [0.4, 0.5) is 0 Å². The normalized spacial score (nSPS) is 40.4. The van der Waals surface area contributed by atoms with E-state index in [2.05, 4.69) is 26.1 Å². The molecule has 0 unspecified atom stereocenters. The molecule has 0 aromatic carbocycles. The fraction of sp³-hybridized carbons (Fsp3) is 0.808. The van der Waals surface area contributed by atoms with Crippen LogP contribution >= 0.6 is 0 Å². The molecule has 1 N–H and O–H groups in total. The van der Waals surface area contributed by atoms with E-state index < -0.39 is 6.04 Å². The smallest absolute Gasteiger partial charge is 0.243 e. The summed E-state index contributed by atoms with van der Waals surface area (Å²) in [6.07, 6.45) is 13.6. The van der Waals surface area contributed by atoms with Crippen molar-refractivity contribution in [2.45, 2.75) is 90.6 Å². The zero-order valence-electron chi connectivity index (χ0n) is 19.3. The molecule has 0 aromatic rings. The Morgan fingerprint density at radius 2 is 1.45 bits per heavy atom. The van der Waals surface area contributed by atoms with Gasteiger partial charge in [0, 0.05) is 6.04 Å². The number of carbonyl (C=O) groups excluding carboxylic acids is 3. The van der Waals surface area contributed by atoms with Gasteiger partial charge in [-0.05, 0) is 93.8 Å². The molecule has 1 heterocycles. The van der Waals surface area contributed by atoms with Gasteiger partial charge in [0.05, 0.1) is 11.8 Å². The molecule has 1 saturated heterocycles. The molecule has 3 amide bonds. The zero-order valence-corrected chi connectivity index (χ0v) is 19.3. The summed E-state index contributed by atoms with van der Waals surface area (Å²) in [5.74, 6) is 1.77. The first kappa shape index (κ1) is 21.2. The highest BCUT2D eigenvalue weighted by Gasteiger charge is 2.55. The number of hydrogen-bond acceptors (Lipinski definition) is 3. The number of imide groups is 1. The van der Waals surface area contributed by atoms with Crippen LogP contribution in [0.5, 0.6) is 0 Å². The van der Waals surface area contributed by atoms with E-state index in [1.54, 1.807) is 0 Å². The van der Waals surface area contributed by atoms with Crippen molar-refractivity contribution in [3.05, 3.63) is 12.2 Å². The molecular formula is C26H38N2O3. The molecule has 4 bridgehead atoms. The summed E-state index contributed by atoms with van der Waals surface area (Å²) in [5, 5.41) is 3.34. The van der Waals surface area contributed by atoms with Crippen molar-refractivity contribution in [3.63, 3.8) is 0 Å². The van der Waals surface area contributed by atoms with E-state index in [1.807, 2.05) is 12.2 Å². The van der Waals surface area contributed by atoms with Crippen molar-refractivity contribution in [2.75, 3.05) is 0 Å². The molecule has 0 aromatic heterocycles. The van der Waals surface area contributed by atoms with Gasteiger partial charge in [-0.1, -0.05) is 26.0 Å².